The van der Waals surface area contributed by atoms with E-state index in [4.69, 9.17) is 0 Å². The SMILES string of the molecule is CCNC(=NCc1ncccc1C)NCCc1nc(C(F)(F)F)cs1. The standard InChI is InChI=1S/C16H20F3N5S/c1-3-20-15(23-9-12-11(2)5-4-7-21-12)22-8-6-14-24-13(10-25-14)16(17,18)19/h4-5,7,10H,3,6,8-9H2,1-2H3,(H2,20,22,23). The van der Waals surface area contributed by atoms with Crippen molar-refractivity contribution in [3.8, 4) is 0 Å². The van der Waals surface area contributed by atoms with Crippen LogP contribution < -0.4 is 10.6 Å². The van der Waals surface area contributed by atoms with E-state index in [0.717, 1.165) is 28.0 Å². The maximum absolute atomic E-state index is 12.5. The van der Waals surface area contributed by atoms with Crippen LogP contribution in [0.5, 0.6) is 0 Å². The van der Waals surface area contributed by atoms with Crippen LogP contribution in [0.4, 0.5) is 13.2 Å². The molecule has 2 N–H and O–H groups in total. The molecule has 0 aliphatic rings. The number of aliphatic imine (C=N–C) groups is 1. The van der Waals surface area contributed by atoms with E-state index in [0.29, 0.717) is 37.0 Å². The molecule has 0 atom stereocenters. The number of pyridine rings is 1. The lowest BCUT2D eigenvalue weighted by Crippen LogP contribution is -2.38. The van der Waals surface area contributed by atoms with Crippen molar-refractivity contribution in [1.29, 1.82) is 0 Å². The summed E-state index contributed by atoms with van der Waals surface area (Å²) in [5.74, 6) is 0.597. The van der Waals surface area contributed by atoms with Crippen LogP contribution in [0.2, 0.25) is 0 Å². The number of aromatic nitrogens is 2. The van der Waals surface area contributed by atoms with E-state index in [1.165, 1.54) is 0 Å². The number of guanidine groups is 1. The molecule has 2 heterocycles. The Labute approximate surface area is 148 Å². The van der Waals surface area contributed by atoms with Gasteiger partial charge in [0.25, 0.3) is 0 Å². The van der Waals surface area contributed by atoms with E-state index in [1.807, 2.05) is 26.0 Å². The number of nitrogens with zero attached hydrogens (tertiary/aromatic N) is 3. The summed E-state index contributed by atoms with van der Waals surface area (Å²) in [5.41, 5.74) is 1.11. The van der Waals surface area contributed by atoms with E-state index >= 15 is 0 Å². The molecule has 0 amide bonds. The van der Waals surface area contributed by atoms with E-state index < -0.39 is 11.9 Å². The Balaban J connectivity index is 1.90. The normalized spacial score (nSPS) is 12.3. The number of thiazole rings is 1. The number of rotatable bonds is 6. The van der Waals surface area contributed by atoms with Gasteiger partial charge in [0.2, 0.25) is 0 Å². The molecule has 0 aliphatic heterocycles. The van der Waals surface area contributed by atoms with Gasteiger partial charge in [-0.3, -0.25) is 4.98 Å². The van der Waals surface area contributed by atoms with Crippen LogP contribution >= 0.6 is 11.3 Å². The third-order valence-corrected chi connectivity index (χ3v) is 4.23. The van der Waals surface area contributed by atoms with Crippen molar-refractivity contribution < 1.29 is 13.2 Å². The zero-order valence-corrected chi connectivity index (χ0v) is 14.8. The summed E-state index contributed by atoms with van der Waals surface area (Å²) < 4.78 is 37.6. The maximum atomic E-state index is 12.5. The Morgan fingerprint density at radius 1 is 1.32 bits per heavy atom. The predicted octanol–water partition coefficient (Wildman–Crippen LogP) is 3.16. The summed E-state index contributed by atoms with van der Waals surface area (Å²) in [6, 6.07) is 3.84. The van der Waals surface area contributed by atoms with E-state index in [9.17, 15) is 13.2 Å². The summed E-state index contributed by atoms with van der Waals surface area (Å²) in [5, 5.41) is 7.69. The van der Waals surface area contributed by atoms with E-state index in [2.05, 4.69) is 25.6 Å². The molecule has 0 spiro atoms. The lowest BCUT2D eigenvalue weighted by molar-refractivity contribution is -0.140. The number of alkyl halides is 3. The lowest BCUT2D eigenvalue weighted by Gasteiger charge is -2.11. The molecule has 0 unspecified atom stereocenters. The highest BCUT2D eigenvalue weighted by Gasteiger charge is 2.33. The molecule has 136 valence electrons. The van der Waals surface area contributed by atoms with Crippen molar-refractivity contribution >= 4 is 17.3 Å². The van der Waals surface area contributed by atoms with Crippen molar-refractivity contribution in [3.05, 3.63) is 45.7 Å². The lowest BCUT2D eigenvalue weighted by atomic mass is 10.2. The highest BCUT2D eigenvalue weighted by molar-refractivity contribution is 7.09. The summed E-state index contributed by atoms with van der Waals surface area (Å²) in [6.07, 6.45) is -2.27. The molecule has 0 radical (unpaired) electrons. The van der Waals surface area contributed by atoms with Crippen LogP contribution in [0.25, 0.3) is 0 Å². The number of nitrogens with one attached hydrogen (secondary N) is 2. The van der Waals surface area contributed by atoms with E-state index in [-0.39, 0.29) is 0 Å². The van der Waals surface area contributed by atoms with Crippen molar-refractivity contribution in [2.24, 2.45) is 4.99 Å². The summed E-state index contributed by atoms with van der Waals surface area (Å²) >= 11 is 1.01. The highest BCUT2D eigenvalue weighted by atomic mass is 32.1. The molecule has 0 aliphatic carbocycles. The van der Waals surface area contributed by atoms with Gasteiger partial charge in [-0.15, -0.1) is 11.3 Å². The second kappa shape index (κ2) is 8.80. The van der Waals surface area contributed by atoms with Crippen LogP contribution in [0.1, 0.15) is 28.9 Å². The Hall–Kier alpha value is -2.16. The van der Waals surface area contributed by atoms with Gasteiger partial charge in [-0.25, -0.2) is 9.98 Å². The molecule has 2 rings (SSSR count). The monoisotopic (exact) mass is 371 g/mol. The molecular formula is C16H20F3N5S. The highest BCUT2D eigenvalue weighted by Crippen LogP contribution is 2.29. The zero-order chi connectivity index (χ0) is 18.3. The molecule has 2 aromatic rings. The van der Waals surface area contributed by atoms with Crippen molar-refractivity contribution in [3.63, 3.8) is 0 Å². The molecule has 9 heteroatoms. The predicted molar refractivity (Wildman–Crippen MR) is 92.6 cm³/mol. The first-order chi connectivity index (χ1) is 11.9. The van der Waals surface area contributed by atoms with Crippen LogP contribution in [-0.2, 0) is 19.1 Å². The quantitative estimate of drug-likeness (QED) is 0.605. The fraction of sp³-hybridized carbons (Fsp3) is 0.438. The van der Waals surface area contributed by atoms with Gasteiger partial charge in [0.05, 0.1) is 17.2 Å². The van der Waals surface area contributed by atoms with E-state index in [1.54, 1.807) is 6.20 Å². The summed E-state index contributed by atoms with van der Waals surface area (Å²) in [4.78, 5) is 12.4. The molecular weight excluding hydrogens is 351 g/mol. The van der Waals surface area contributed by atoms with Gasteiger partial charge in [0, 0.05) is 31.1 Å². The second-order valence-corrected chi connectivity index (χ2v) is 6.21. The first kappa shape index (κ1) is 19.2. The fourth-order valence-corrected chi connectivity index (χ4v) is 2.83. The number of aryl methyl sites for hydroxylation is 1. The Bertz CT molecular complexity index is 712. The molecule has 5 nitrogen and oxygen atoms in total. The summed E-state index contributed by atoms with van der Waals surface area (Å²) in [7, 11) is 0. The van der Waals surface area contributed by atoms with Crippen molar-refractivity contribution in [2.75, 3.05) is 13.1 Å². The zero-order valence-electron chi connectivity index (χ0n) is 14.0. The van der Waals surface area contributed by atoms with Gasteiger partial charge in [0.1, 0.15) is 0 Å². The van der Waals surface area contributed by atoms with Gasteiger partial charge in [-0.1, -0.05) is 6.07 Å². The van der Waals surface area contributed by atoms with Crippen molar-refractivity contribution in [2.45, 2.75) is 33.0 Å². The minimum atomic E-state index is -4.39. The Kier molecular flexibility index (Phi) is 6.74. The summed E-state index contributed by atoms with van der Waals surface area (Å²) in [6.45, 7) is 5.47. The molecule has 0 fully saturated rings. The van der Waals surface area contributed by atoms with Gasteiger partial charge in [0.15, 0.2) is 11.7 Å². The minimum Gasteiger partial charge on any atom is -0.357 e. The molecule has 25 heavy (non-hydrogen) atoms. The van der Waals surface area contributed by atoms with Crippen LogP contribution in [0, 0.1) is 6.92 Å². The number of hydrogen-bond acceptors (Lipinski definition) is 4. The number of hydrogen-bond donors (Lipinski definition) is 2. The van der Waals surface area contributed by atoms with Crippen LogP contribution in [0.3, 0.4) is 0 Å². The first-order valence-corrected chi connectivity index (χ1v) is 8.72. The third-order valence-electron chi connectivity index (χ3n) is 3.32. The molecule has 2 aromatic heterocycles. The second-order valence-electron chi connectivity index (χ2n) is 5.26. The smallest absolute Gasteiger partial charge is 0.357 e. The third kappa shape index (κ3) is 6.00. The fourth-order valence-electron chi connectivity index (χ4n) is 2.02. The van der Waals surface area contributed by atoms with Crippen molar-refractivity contribution in [1.82, 2.24) is 20.6 Å². The molecule has 0 bridgehead atoms. The minimum absolute atomic E-state index is 0.397. The van der Waals surface area contributed by atoms with Gasteiger partial charge < -0.3 is 10.6 Å². The largest absolute Gasteiger partial charge is 0.434 e. The van der Waals surface area contributed by atoms with Crippen LogP contribution in [-0.4, -0.2) is 29.0 Å². The maximum Gasteiger partial charge on any atom is 0.434 e. The van der Waals surface area contributed by atoms with Gasteiger partial charge in [-0.2, -0.15) is 13.2 Å². The molecule has 0 saturated heterocycles. The Morgan fingerprint density at radius 3 is 2.76 bits per heavy atom. The van der Waals surface area contributed by atoms with Gasteiger partial charge >= 0.3 is 6.18 Å². The topological polar surface area (TPSA) is 62.2 Å². The van der Waals surface area contributed by atoms with Gasteiger partial charge in [-0.05, 0) is 25.5 Å². The Morgan fingerprint density at radius 2 is 2.12 bits per heavy atom. The molecule has 0 saturated carbocycles. The van der Waals surface area contributed by atoms with Crippen LogP contribution in [0.15, 0.2) is 28.7 Å². The first-order valence-electron chi connectivity index (χ1n) is 7.84. The molecule has 0 aromatic carbocycles. The average molecular weight is 371 g/mol. The number of halogens is 3. The average Bonchev–Trinajstić information content (AvgIpc) is 3.03.